The summed E-state index contributed by atoms with van der Waals surface area (Å²) in [6.07, 6.45) is 2.77. The minimum atomic E-state index is 0.517. The highest BCUT2D eigenvalue weighted by Gasteiger charge is 2.41. The van der Waals surface area contributed by atoms with Gasteiger partial charge in [-0.05, 0) is 38.3 Å². The number of hydrogen-bond acceptors (Lipinski definition) is 1. The molecule has 0 amide bonds. The Hall–Kier alpha value is -0.0400. The van der Waals surface area contributed by atoms with Crippen molar-refractivity contribution in [3.8, 4) is 0 Å². The molecule has 1 aliphatic rings. The SMILES string of the molecule is CC1CCC(N(C)C)C1(C)C. The van der Waals surface area contributed by atoms with Crippen LogP contribution < -0.4 is 0 Å². The van der Waals surface area contributed by atoms with Gasteiger partial charge in [0.05, 0.1) is 0 Å². The molecule has 0 heterocycles. The molecule has 1 rings (SSSR count). The first-order chi connectivity index (χ1) is 4.96. The lowest BCUT2D eigenvalue weighted by molar-refractivity contribution is 0.136. The van der Waals surface area contributed by atoms with Gasteiger partial charge < -0.3 is 4.90 Å². The van der Waals surface area contributed by atoms with E-state index >= 15 is 0 Å². The van der Waals surface area contributed by atoms with Crippen LogP contribution in [0.25, 0.3) is 0 Å². The van der Waals surface area contributed by atoms with Gasteiger partial charge in [0, 0.05) is 6.04 Å². The molecule has 0 radical (unpaired) electrons. The van der Waals surface area contributed by atoms with Crippen molar-refractivity contribution in [3.63, 3.8) is 0 Å². The third kappa shape index (κ3) is 1.44. The van der Waals surface area contributed by atoms with Crippen LogP contribution in [0.5, 0.6) is 0 Å². The average Bonchev–Trinajstić information content (AvgIpc) is 2.08. The van der Waals surface area contributed by atoms with Gasteiger partial charge in [-0.25, -0.2) is 0 Å². The molecule has 0 aromatic heterocycles. The molecule has 2 atom stereocenters. The van der Waals surface area contributed by atoms with E-state index in [-0.39, 0.29) is 0 Å². The average molecular weight is 155 g/mol. The minimum Gasteiger partial charge on any atom is -0.306 e. The molecule has 1 aliphatic carbocycles. The normalized spacial score (nSPS) is 36.5. The van der Waals surface area contributed by atoms with Gasteiger partial charge in [-0.15, -0.1) is 0 Å². The van der Waals surface area contributed by atoms with E-state index in [1.165, 1.54) is 12.8 Å². The highest BCUT2D eigenvalue weighted by molar-refractivity contribution is 4.94. The zero-order chi connectivity index (χ0) is 8.65. The summed E-state index contributed by atoms with van der Waals surface area (Å²) in [5.74, 6) is 0.884. The third-order valence-corrected chi connectivity index (χ3v) is 3.63. The van der Waals surface area contributed by atoms with Crippen molar-refractivity contribution in [1.29, 1.82) is 0 Å². The van der Waals surface area contributed by atoms with E-state index in [4.69, 9.17) is 0 Å². The fraction of sp³-hybridized carbons (Fsp3) is 1.00. The molecule has 1 saturated carbocycles. The van der Waals surface area contributed by atoms with Crippen molar-refractivity contribution in [1.82, 2.24) is 4.90 Å². The quantitative estimate of drug-likeness (QED) is 0.562. The Kier molecular flexibility index (Phi) is 2.29. The second-order valence-corrected chi connectivity index (χ2v) is 4.78. The van der Waals surface area contributed by atoms with Crippen LogP contribution in [0.15, 0.2) is 0 Å². The molecular weight excluding hydrogens is 134 g/mol. The van der Waals surface area contributed by atoms with Gasteiger partial charge in [0.15, 0.2) is 0 Å². The van der Waals surface area contributed by atoms with Crippen molar-refractivity contribution in [3.05, 3.63) is 0 Å². The van der Waals surface area contributed by atoms with E-state index in [9.17, 15) is 0 Å². The molecule has 2 unspecified atom stereocenters. The van der Waals surface area contributed by atoms with Crippen LogP contribution in [0.3, 0.4) is 0 Å². The molecule has 0 aliphatic heterocycles. The lowest BCUT2D eigenvalue weighted by Gasteiger charge is -2.35. The number of nitrogens with zero attached hydrogens (tertiary/aromatic N) is 1. The highest BCUT2D eigenvalue weighted by Crippen LogP contribution is 2.44. The fourth-order valence-corrected chi connectivity index (χ4v) is 2.40. The van der Waals surface area contributed by atoms with E-state index in [1.54, 1.807) is 0 Å². The van der Waals surface area contributed by atoms with E-state index in [2.05, 4.69) is 39.8 Å². The molecule has 66 valence electrons. The Morgan fingerprint density at radius 3 is 1.91 bits per heavy atom. The first-order valence-electron chi connectivity index (χ1n) is 4.62. The second-order valence-electron chi connectivity index (χ2n) is 4.78. The van der Waals surface area contributed by atoms with Gasteiger partial charge in [0.25, 0.3) is 0 Å². The maximum atomic E-state index is 2.40. The van der Waals surface area contributed by atoms with Crippen LogP contribution in [0, 0.1) is 11.3 Å². The fourth-order valence-electron chi connectivity index (χ4n) is 2.40. The molecular formula is C10H21N. The van der Waals surface area contributed by atoms with Crippen molar-refractivity contribution >= 4 is 0 Å². The van der Waals surface area contributed by atoms with Crippen LogP contribution in [0.1, 0.15) is 33.6 Å². The van der Waals surface area contributed by atoms with Gasteiger partial charge in [0.1, 0.15) is 0 Å². The number of hydrogen-bond donors (Lipinski definition) is 0. The molecule has 1 heteroatoms. The first kappa shape index (κ1) is 9.05. The number of rotatable bonds is 1. The smallest absolute Gasteiger partial charge is 0.0143 e. The van der Waals surface area contributed by atoms with Crippen LogP contribution in [-0.2, 0) is 0 Å². The van der Waals surface area contributed by atoms with Crippen LogP contribution in [0.2, 0.25) is 0 Å². The molecule has 0 aromatic carbocycles. The maximum absolute atomic E-state index is 2.40. The van der Waals surface area contributed by atoms with Gasteiger partial charge in [-0.2, -0.15) is 0 Å². The molecule has 0 N–H and O–H groups in total. The zero-order valence-corrected chi connectivity index (χ0v) is 8.52. The summed E-state index contributed by atoms with van der Waals surface area (Å²) in [5.41, 5.74) is 0.517. The van der Waals surface area contributed by atoms with Gasteiger partial charge in [-0.3, -0.25) is 0 Å². The van der Waals surface area contributed by atoms with E-state index < -0.39 is 0 Å². The molecule has 0 bridgehead atoms. The summed E-state index contributed by atoms with van der Waals surface area (Å²) in [6.45, 7) is 7.17. The molecule has 0 spiro atoms. The van der Waals surface area contributed by atoms with Crippen LogP contribution in [-0.4, -0.2) is 25.0 Å². The lowest BCUT2D eigenvalue weighted by atomic mass is 9.80. The predicted octanol–water partition coefficient (Wildman–Crippen LogP) is 2.37. The largest absolute Gasteiger partial charge is 0.306 e. The van der Waals surface area contributed by atoms with Crippen LogP contribution >= 0.6 is 0 Å². The second kappa shape index (κ2) is 2.78. The van der Waals surface area contributed by atoms with Crippen LogP contribution in [0.4, 0.5) is 0 Å². The zero-order valence-electron chi connectivity index (χ0n) is 8.52. The molecule has 0 saturated heterocycles. The summed E-state index contributed by atoms with van der Waals surface area (Å²) in [4.78, 5) is 2.38. The highest BCUT2D eigenvalue weighted by atomic mass is 15.1. The van der Waals surface area contributed by atoms with Crippen molar-refractivity contribution in [2.75, 3.05) is 14.1 Å². The Labute approximate surface area is 70.8 Å². The van der Waals surface area contributed by atoms with E-state index in [1.807, 2.05) is 0 Å². The Bertz CT molecular complexity index is 138. The summed E-state index contributed by atoms with van der Waals surface area (Å²) in [7, 11) is 4.40. The van der Waals surface area contributed by atoms with Gasteiger partial charge >= 0.3 is 0 Å². The molecule has 11 heavy (non-hydrogen) atoms. The Morgan fingerprint density at radius 2 is 1.73 bits per heavy atom. The predicted molar refractivity (Wildman–Crippen MR) is 49.7 cm³/mol. The Balaban J connectivity index is 2.70. The minimum absolute atomic E-state index is 0.517. The van der Waals surface area contributed by atoms with Crippen molar-refractivity contribution in [2.45, 2.75) is 39.7 Å². The van der Waals surface area contributed by atoms with E-state index in [0.717, 1.165) is 12.0 Å². The summed E-state index contributed by atoms with van der Waals surface area (Å²) in [6, 6.07) is 0.789. The standard InChI is InChI=1S/C10H21N/c1-8-6-7-9(11(4)5)10(8,2)3/h8-9H,6-7H2,1-5H3. The summed E-state index contributed by atoms with van der Waals surface area (Å²) < 4.78 is 0. The lowest BCUT2D eigenvalue weighted by Crippen LogP contribution is -2.38. The van der Waals surface area contributed by atoms with E-state index in [0.29, 0.717) is 5.41 Å². The Morgan fingerprint density at radius 1 is 1.18 bits per heavy atom. The first-order valence-corrected chi connectivity index (χ1v) is 4.62. The molecule has 1 nitrogen and oxygen atoms in total. The van der Waals surface area contributed by atoms with Gasteiger partial charge in [-0.1, -0.05) is 20.8 Å². The van der Waals surface area contributed by atoms with Gasteiger partial charge in [0.2, 0.25) is 0 Å². The molecule has 0 aromatic rings. The topological polar surface area (TPSA) is 3.24 Å². The van der Waals surface area contributed by atoms with Crippen molar-refractivity contribution < 1.29 is 0 Å². The maximum Gasteiger partial charge on any atom is 0.0143 e. The third-order valence-electron chi connectivity index (χ3n) is 3.63. The summed E-state index contributed by atoms with van der Waals surface area (Å²) >= 11 is 0. The van der Waals surface area contributed by atoms with Crippen molar-refractivity contribution in [2.24, 2.45) is 11.3 Å². The summed E-state index contributed by atoms with van der Waals surface area (Å²) in [5, 5.41) is 0. The monoisotopic (exact) mass is 155 g/mol. The molecule has 1 fully saturated rings.